The zero-order valence-corrected chi connectivity index (χ0v) is 15.7. The highest BCUT2D eigenvalue weighted by atomic mass is 16.2. The third kappa shape index (κ3) is 4.37. The maximum Gasteiger partial charge on any atom is 0.222 e. The van der Waals surface area contributed by atoms with Gasteiger partial charge in [-0.05, 0) is 42.9 Å². The molecule has 2 aliphatic rings. The molecule has 2 unspecified atom stereocenters. The minimum absolute atomic E-state index is 0.260. The molecule has 142 valence electrons. The van der Waals surface area contributed by atoms with E-state index in [0.29, 0.717) is 24.3 Å². The molecule has 2 saturated heterocycles. The number of nitrogens with one attached hydrogen (secondary N) is 2. The number of amides is 1. The zero-order valence-electron chi connectivity index (χ0n) is 15.7. The number of pyridine rings is 1. The normalized spacial score (nSPS) is 23.5. The second kappa shape index (κ2) is 8.63. The van der Waals surface area contributed by atoms with E-state index in [9.17, 15) is 4.79 Å². The van der Waals surface area contributed by atoms with Gasteiger partial charge in [0.25, 0.3) is 0 Å². The molecule has 3 heterocycles. The fraction of sp³-hybridized carbons (Fsp3) is 0.455. The van der Waals surface area contributed by atoms with Gasteiger partial charge in [-0.2, -0.15) is 0 Å². The van der Waals surface area contributed by atoms with Gasteiger partial charge in [0.05, 0.1) is 0 Å². The van der Waals surface area contributed by atoms with Crippen LogP contribution in [0, 0.1) is 5.92 Å². The average molecular weight is 364 g/mol. The number of hydrogen-bond acceptors (Lipinski definition) is 4. The SMILES string of the molecule is O=C(CCc1ccccn1)N1CCC(C2NNCC2c2ccccc2)CC1. The average Bonchev–Trinajstić information content (AvgIpc) is 3.23. The number of carbonyl (C=O) groups excluding carboxylic acids is 1. The van der Waals surface area contributed by atoms with Crippen LogP contribution in [0.2, 0.25) is 0 Å². The molecule has 0 bridgehead atoms. The second-order valence-corrected chi connectivity index (χ2v) is 7.61. The number of aryl methyl sites for hydroxylation is 1. The van der Waals surface area contributed by atoms with E-state index in [0.717, 1.165) is 44.6 Å². The maximum absolute atomic E-state index is 12.6. The number of nitrogens with zero attached hydrogens (tertiary/aromatic N) is 2. The van der Waals surface area contributed by atoms with Crippen molar-refractivity contribution in [1.82, 2.24) is 20.7 Å². The predicted molar refractivity (Wildman–Crippen MR) is 106 cm³/mol. The van der Waals surface area contributed by atoms with E-state index in [2.05, 4.69) is 46.2 Å². The second-order valence-electron chi connectivity index (χ2n) is 7.61. The van der Waals surface area contributed by atoms with Crippen LogP contribution in [0.25, 0.3) is 0 Å². The molecule has 2 fully saturated rings. The van der Waals surface area contributed by atoms with Crippen molar-refractivity contribution in [1.29, 1.82) is 0 Å². The Morgan fingerprint density at radius 3 is 2.59 bits per heavy atom. The van der Waals surface area contributed by atoms with E-state index in [4.69, 9.17) is 0 Å². The molecule has 0 saturated carbocycles. The Labute approximate surface area is 161 Å². The Morgan fingerprint density at radius 2 is 1.85 bits per heavy atom. The molecule has 2 aromatic rings. The molecule has 1 aromatic heterocycles. The summed E-state index contributed by atoms with van der Waals surface area (Å²) in [7, 11) is 0. The lowest BCUT2D eigenvalue weighted by atomic mass is 9.80. The van der Waals surface area contributed by atoms with Crippen molar-refractivity contribution in [3.05, 3.63) is 66.0 Å². The first-order valence-corrected chi connectivity index (χ1v) is 10.0. The van der Waals surface area contributed by atoms with Gasteiger partial charge in [-0.15, -0.1) is 0 Å². The molecule has 27 heavy (non-hydrogen) atoms. The van der Waals surface area contributed by atoms with Gasteiger partial charge in [0.1, 0.15) is 0 Å². The molecule has 2 N–H and O–H groups in total. The molecule has 0 aliphatic carbocycles. The monoisotopic (exact) mass is 364 g/mol. The quantitative estimate of drug-likeness (QED) is 0.856. The van der Waals surface area contributed by atoms with Crippen molar-refractivity contribution in [2.24, 2.45) is 5.92 Å². The standard InChI is InChI=1S/C22H28N4O/c27-21(10-9-19-8-4-5-13-23-19)26-14-11-18(12-15-26)22-20(16-24-25-22)17-6-2-1-3-7-17/h1-8,13,18,20,22,24-25H,9-12,14-16H2. The van der Waals surface area contributed by atoms with Gasteiger partial charge in [-0.1, -0.05) is 36.4 Å². The van der Waals surface area contributed by atoms with Crippen LogP contribution in [0.3, 0.4) is 0 Å². The Hall–Kier alpha value is -2.24. The smallest absolute Gasteiger partial charge is 0.222 e. The van der Waals surface area contributed by atoms with Crippen LogP contribution in [-0.2, 0) is 11.2 Å². The van der Waals surface area contributed by atoms with E-state index >= 15 is 0 Å². The van der Waals surface area contributed by atoms with Crippen LogP contribution in [0.15, 0.2) is 54.7 Å². The molecule has 0 spiro atoms. The summed E-state index contributed by atoms with van der Waals surface area (Å²) in [4.78, 5) is 18.9. The molecule has 5 heteroatoms. The predicted octanol–water partition coefficient (Wildman–Crippen LogP) is 2.51. The van der Waals surface area contributed by atoms with E-state index in [1.165, 1.54) is 5.56 Å². The summed E-state index contributed by atoms with van der Waals surface area (Å²) < 4.78 is 0. The van der Waals surface area contributed by atoms with Gasteiger partial charge in [0.15, 0.2) is 0 Å². The van der Waals surface area contributed by atoms with Crippen molar-refractivity contribution >= 4 is 5.91 Å². The molecular weight excluding hydrogens is 336 g/mol. The number of likely N-dealkylation sites (tertiary alicyclic amines) is 1. The van der Waals surface area contributed by atoms with E-state index < -0.39 is 0 Å². The van der Waals surface area contributed by atoms with Gasteiger partial charge in [-0.3, -0.25) is 20.6 Å². The summed E-state index contributed by atoms with van der Waals surface area (Å²) in [5.74, 6) is 1.36. The summed E-state index contributed by atoms with van der Waals surface area (Å²) in [5, 5.41) is 0. The molecule has 1 amide bonds. The van der Waals surface area contributed by atoms with Crippen molar-refractivity contribution < 1.29 is 4.79 Å². The lowest BCUT2D eigenvalue weighted by molar-refractivity contribution is -0.132. The Balaban J connectivity index is 1.29. The topological polar surface area (TPSA) is 57.3 Å². The minimum Gasteiger partial charge on any atom is -0.343 e. The number of hydrogen-bond donors (Lipinski definition) is 2. The third-order valence-electron chi connectivity index (χ3n) is 5.97. The summed E-state index contributed by atoms with van der Waals surface area (Å²) in [6, 6.07) is 17.1. The fourth-order valence-electron chi connectivity index (χ4n) is 4.43. The number of carbonyl (C=O) groups is 1. The van der Waals surface area contributed by atoms with Crippen molar-refractivity contribution in [3.8, 4) is 0 Å². The van der Waals surface area contributed by atoms with Crippen LogP contribution in [0.4, 0.5) is 0 Å². The van der Waals surface area contributed by atoms with Crippen molar-refractivity contribution in [2.45, 2.75) is 37.6 Å². The number of benzene rings is 1. The number of piperidine rings is 1. The molecule has 4 rings (SSSR count). The molecular formula is C22H28N4O. The van der Waals surface area contributed by atoms with E-state index in [1.807, 2.05) is 23.1 Å². The van der Waals surface area contributed by atoms with Crippen molar-refractivity contribution in [3.63, 3.8) is 0 Å². The first kappa shape index (κ1) is 18.1. The maximum atomic E-state index is 12.6. The van der Waals surface area contributed by atoms with E-state index in [-0.39, 0.29) is 5.91 Å². The summed E-state index contributed by atoms with van der Waals surface area (Å²) in [6.45, 7) is 2.70. The van der Waals surface area contributed by atoms with Gasteiger partial charge >= 0.3 is 0 Å². The first-order chi connectivity index (χ1) is 13.3. The van der Waals surface area contributed by atoms with E-state index in [1.54, 1.807) is 6.20 Å². The first-order valence-electron chi connectivity index (χ1n) is 10.0. The van der Waals surface area contributed by atoms with Crippen LogP contribution in [0.5, 0.6) is 0 Å². The van der Waals surface area contributed by atoms with Gasteiger partial charge < -0.3 is 4.90 Å². The fourth-order valence-corrected chi connectivity index (χ4v) is 4.43. The zero-order chi connectivity index (χ0) is 18.5. The molecule has 2 aliphatic heterocycles. The lowest BCUT2D eigenvalue weighted by Gasteiger charge is -2.36. The Morgan fingerprint density at radius 1 is 1.07 bits per heavy atom. The van der Waals surface area contributed by atoms with Crippen LogP contribution < -0.4 is 10.9 Å². The highest BCUT2D eigenvalue weighted by molar-refractivity contribution is 5.76. The summed E-state index contributed by atoms with van der Waals surface area (Å²) >= 11 is 0. The highest BCUT2D eigenvalue weighted by Crippen LogP contribution is 2.32. The van der Waals surface area contributed by atoms with Gasteiger partial charge in [0.2, 0.25) is 5.91 Å². The van der Waals surface area contributed by atoms with Crippen LogP contribution in [-0.4, -0.2) is 41.5 Å². The minimum atomic E-state index is 0.260. The largest absolute Gasteiger partial charge is 0.343 e. The molecule has 1 aromatic carbocycles. The summed E-state index contributed by atoms with van der Waals surface area (Å²) in [5.41, 5.74) is 9.25. The van der Waals surface area contributed by atoms with Crippen LogP contribution in [0.1, 0.15) is 36.4 Å². The number of hydrazine groups is 1. The molecule has 5 nitrogen and oxygen atoms in total. The Kier molecular flexibility index (Phi) is 5.80. The van der Waals surface area contributed by atoms with Crippen molar-refractivity contribution in [2.75, 3.05) is 19.6 Å². The van der Waals surface area contributed by atoms with Gasteiger partial charge in [0, 0.05) is 49.9 Å². The Bertz CT molecular complexity index is 728. The third-order valence-corrected chi connectivity index (χ3v) is 5.97. The number of aromatic nitrogens is 1. The molecule has 2 atom stereocenters. The number of rotatable bonds is 5. The highest BCUT2D eigenvalue weighted by Gasteiger charge is 2.36. The van der Waals surface area contributed by atoms with Crippen LogP contribution >= 0.6 is 0 Å². The lowest BCUT2D eigenvalue weighted by Crippen LogP contribution is -2.45. The van der Waals surface area contributed by atoms with Gasteiger partial charge in [-0.25, -0.2) is 0 Å². The summed E-state index contributed by atoms with van der Waals surface area (Å²) in [6.07, 6.45) is 5.20. The molecule has 0 radical (unpaired) electrons.